The van der Waals surface area contributed by atoms with E-state index in [1.54, 1.807) is 0 Å². The molecule has 1 nitrogen and oxygen atoms in total. The molecule has 0 amide bonds. The summed E-state index contributed by atoms with van der Waals surface area (Å²) >= 11 is 0. The molecule has 0 atom stereocenters. The summed E-state index contributed by atoms with van der Waals surface area (Å²) in [4.78, 5) is 0. The average molecular weight is 174 g/mol. The molecule has 1 aliphatic carbocycles. The lowest BCUT2D eigenvalue weighted by Crippen LogP contribution is -2.04. The third kappa shape index (κ3) is 1.06. The summed E-state index contributed by atoms with van der Waals surface area (Å²) in [5.74, 6) is 1.23. The molecule has 1 heterocycles. The first-order chi connectivity index (χ1) is 6.45. The van der Waals surface area contributed by atoms with Gasteiger partial charge in [0.25, 0.3) is 0 Å². The van der Waals surface area contributed by atoms with Gasteiger partial charge in [0.2, 0.25) is 0 Å². The second-order valence-electron chi connectivity index (χ2n) is 4.00. The van der Waals surface area contributed by atoms with Crippen molar-refractivity contribution in [2.45, 2.75) is 32.1 Å². The van der Waals surface area contributed by atoms with E-state index in [1.807, 2.05) is 0 Å². The molecule has 0 N–H and O–H groups in total. The van der Waals surface area contributed by atoms with Crippen LogP contribution >= 0.6 is 0 Å². The third-order valence-corrected chi connectivity index (χ3v) is 3.18. The maximum absolute atomic E-state index is 5.70. The Bertz CT molecular complexity index is 341. The molecular weight excluding hydrogens is 160 g/mol. The van der Waals surface area contributed by atoms with Crippen molar-refractivity contribution in [1.82, 2.24) is 0 Å². The van der Waals surface area contributed by atoms with E-state index in [1.165, 1.54) is 48.1 Å². The number of hydrogen-bond acceptors (Lipinski definition) is 1. The molecule has 68 valence electrons. The number of aryl methyl sites for hydroxylation is 1. The lowest BCUT2D eigenvalue weighted by molar-refractivity contribution is 0.351. The van der Waals surface area contributed by atoms with E-state index in [0.717, 1.165) is 13.0 Å². The third-order valence-electron chi connectivity index (χ3n) is 3.18. The molecule has 0 unspecified atom stereocenters. The minimum Gasteiger partial charge on any atom is -0.493 e. The molecule has 1 aromatic rings. The monoisotopic (exact) mass is 174 g/mol. The van der Waals surface area contributed by atoms with Crippen molar-refractivity contribution < 1.29 is 4.74 Å². The zero-order chi connectivity index (χ0) is 8.67. The van der Waals surface area contributed by atoms with Crippen LogP contribution in [0.3, 0.4) is 0 Å². The molecule has 1 aliphatic heterocycles. The molecule has 3 rings (SSSR count). The van der Waals surface area contributed by atoms with Crippen LogP contribution in [0.2, 0.25) is 0 Å². The molecule has 0 saturated heterocycles. The largest absolute Gasteiger partial charge is 0.493 e. The number of rotatable bonds is 0. The number of ether oxygens (including phenoxy) is 1. The molecule has 2 aliphatic rings. The Labute approximate surface area is 78.7 Å². The van der Waals surface area contributed by atoms with E-state index >= 15 is 0 Å². The van der Waals surface area contributed by atoms with Crippen LogP contribution in [0.5, 0.6) is 5.75 Å². The smallest absolute Gasteiger partial charge is 0.126 e. The lowest BCUT2D eigenvalue weighted by atomic mass is 9.89. The molecule has 1 aromatic carbocycles. The Morgan fingerprint density at radius 2 is 1.77 bits per heavy atom. The van der Waals surface area contributed by atoms with Gasteiger partial charge in [0.05, 0.1) is 6.61 Å². The molecule has 1 heteroatoms. The first kappa shape index (κ1) is 7.43. The van der Waals surface area contributed by atoms with Crippen molar-refractivity contribution in [3.05, 3.63) is 28.8 Å². The first-order valence-electron chi connectivity index (χ1n) is 5.21. The van der Waals surface area contributed by atoms with Crippen molar-refractivity contribution in [3.8, 4) is 5.75 Å². The Morgan fingerprint density at radius 3 is 2.77 bits per heavy atom. The SMILES string of the molecule is c1cc2c(c3c1CCCC3)OCC2. The van der Waals surface area contributed by atoms with Crippen LogP contribution in [0.15, 0.2) is 12.1 Å². The second-order valence-corrected chi connectivity index (χ2v) is 4.00. The summed E-state index contributed by atoms with van der Waals surface area (Å²) in [5, 5.41) is 0. The summed E-state index contributed by atoms with van der Waals surface area (Å²) in [7, 11) is 0. The summed E-state index contributed by atoms with van der Waals surface area (Å²) < 4.78 is 5.70. The maximum atomic E-state index is 5.70. The van der Waals surface area contributed by atoms with Crippen LogP contribution in [0, 0.1) is 0 Å². The summed E-state index contributed by atoms with van der Waals surface area (Å²) in [6.07, 6.45) is 6.30. The fourth-order valence-electron chi connectivity index (χ4n) is 2.48. The zero-order valence-corrected chi connectivity index (χ0v) is 7.81. The zero-order valence-electron chi connectivity index (χ0n) is 7.81. The van der Waals surface area contributed by atoms with Crippen molar-refractivity contribution >= 4 is 0 Å². The van der Waals surface area contributed by atoms with Crippen LogP contribution in [-0.2, 0) is 19.3 Å². The minimum atomic E-state index is 0.895. The highest BCUT2D eigenvalue weighted by Gasteiger charge is 2.20. The topological polar surface area (TPSA) is 9.23 Å². The van der Waals surface area contributed by atoms with Crippen LogP contribution in [0.25, 0.3) is 0 Å². The Hall–Kier alpha value is -0.980. The highest BCUT2D eigenvalue weighted by Crippen LogP contribution is 2.35. The summed E-state index contributed by atoms with van der Waals surface area (Å²) in [6, 6.07) is 4.56. The van der Waals surface area contributed by atoms with E-state index < -0.39 is 0 Å². The number of fused-ring (bicyclic) bond motifs is 3. The normalized spacial score (nSPS) is 19.1. The van der Waals surface area contributed by atoms with Crippen molar-refractivity contribution in [3.63, 3.8) is 0 Å². The van der Waals surface area contributed by atoms with Gasteiger partial charge in [-0.2, -0.15) is 0 Å². The quantitative estimate of drug-likeness (QED) is 0.587. The van der Waals surface area contributed by atoms with Crippen LogP contribution in [0.1, 0.15) is 29.5 Å². The Balaban J connectivity index is 2.17. The van der Waals surface area contributed by atoms with Gasteiger partial charge >= 0.3 is 0 Å². The summed E-state index contributed by atoms with van der Waals surface area (Å²) in [6.45, 7) is 0.895. The molecule has 0 spiro atoms. The molecule has 0 saturated carbocycles. The fourth-order valence-corrected chi connectivity index (χ4v) is 2.48. The van der Waals surface area contributed by atoms with Crippen LogP contribution in [-0.4, -0.2) is 6.61 Å². The minimum absolute atomic E-state index is 0.895. The maximum Gasteiger partial charge on any atom is 0.126 e. The highest BCUT2D eigenvalue weighted by molar-refractivity contribution is 5.49. The van der Waals surface area contributed by atoms with Gasteiger partial charge in [-0.05, 0) is 42.4 Å². The van der Waals surface area contributed by atoms with Gasteiger partial charge in [-0.1, -0.05) is 12.1 Å². The Morgan fingerprint density at radius 1 is 0.923 bits per heavy atom. The van der Waals surface area contributed by atoms with E-state index in [0.29, 0.717) is 0 Å². The van der Waals surface area contributed by atoms with Crippen molar-refractivity contribution in [2.75, 3.05) is 6.61 Å². The summed E-state index contributed by atoms with van der Waals surface area (Å²) in [5.41, 5.74) is 4.48. The van der Waals surface area contributed by atoms with Gasteiger partial charge in [-0.25, -0.2) is 0 Å². The average Bonchev–Trinajstić information content (AvgIpc) is 2.65. The number of hydrogen-bond donors (Lipinski definition) is 0. The van der Waals surface area contributed by atoms with Crippen LogP contribution in [0.4, 0.5) is 0 Å². The molecule has 0 fully saturated rings. The van der Waals surface area contributed by atoms with Gasteiger partial charge in [-0.15, -0.1) is 0 Å². The van der Waals surface area contributed by atoms with Gasteiger partial charge in [0.15, 0.2) is 0 Å². The van der Waals surface area contributed by atoms with Crippen LogP contribution < -0.4 is 4.74 Å². The van der Waals surface area contributed by atoms with E-state index in [4.69, 9.17) is 4.74 Å². The van der Waals surface area contributed by atoms with Crippen molar-refractivity contribution in [1.29, 1.82) is 0 Å². The molecular formula is C12H14O. The second kappa shape index (κ2) is 2.76. The molecule has 13 heavy (non-hydrogen) atoms. The van der Waals surface area contributed by atoms with Gasteiger partial charge in [0, 0.05) is 6.42 Å². The predicted molar refractivity (Wildman–Crippen MR) is 52.3 cm³/mol. The van der Waals surface area contributed by atoms with Gasteiger partial charge in [-0.3, -0.25) is 0 Å². The molecule has 0 radical (unpaired) electrons. The van der Waals surface area contributed by atoms with Gasteiger partial charge in [0.1, 0.15) is 5.75 Å². The van der Waals surface area contributed by atoms with E-state index in [9.17, 15) is 0 Å². The first-order valence-corrected chi connectivity index (χ1v) is 5.21. The Kier molecular flexibility index (Phi) is 1.58. The lowest BCUT2D eigenvalue weighted by Gasteiger charge is -2.18. The highest BCUT2D eigenvalue weighted by atomic mass is 16.5. The molecule has 0 aromatic heterocycles. The van der Waals surface area contributed by atoms with Gasteiger partial charge < -0.3 is 4.74 Å². The van der Waals surface area contributed by atoms with Crippen molar-refractivity contribution in [2.24, 2.45) is 0 Å². The van der Waals surface area contributed by atoms with E-state index in [2.05, 4.69) is 12.1 Å². The number of benzene rings is 1. The standard InChI is InChI=1S/C12H14O/c1-2-4-11-9(3-1)5-6-10-7-8-13-12(10)11/h5-6H,1-4,7-8H2. The fraction of sp³-hybridized carbons (Fsp3) is 0.500. The molecule has 0 bridgehead atoms. The van der Waals surface area contributed by atoms with E-state index in [-0.39, 0.29) is 0 Å². The predicted octanol–water partition coefficient (Wildman–Crippen LogP) is 2.50.